The van der Waals surface area contributed by atoms with Gasteiger partial charge in [-0.1, -0.05) is 0 Å². The van der Waals surface area contributed by atoms with Crippen molar-refractivity contribution in [1.29, 1.82) is 0 Å². The van der Waals surface area contributed by atoms with Crippen LogP contribution in [0.1, 0.15) is 24.6 Å². The van der Waals surface area contributed by atoms with Crippen molar-refractivity contribution >= 4 is 5.91 Å². The summed E-state index contributed by atoms with van der Waals surface area (Å²) in [6.07, 6.45) is 5.00. The van der Waals surface area contributed by atoms with Crippen LogP contribution in [0.4, 0.5) is 4.39 Å². The van der Waals surface area contributed by atoms with Crippen LogP contribution >= 0.6 is 0 Å². The van der Waals surface area contributed by atoms with Crippen LogP contribution in [0.25, 0.3) is 0 Å². The van der Waals surface area contributed by atoms with Gasteiger partial charge in [0.25, 0.3) is 5.91 Å². The maximum atomic E-state index is 12.8. The van der Waals surface area contributed by atoms with Crippen LogP contribution in [-0.2, 0) is 4.79 Å². The third-order valence-electron chi connectivity index (χ3n) is 3.70. The van der Waals surface area contributed by atoms with Gasteiger partial charge in [-0.25, -0.2) is 14.4 Å². The van der Waals surface area contributed by atoms with E-state index in [0.29, 0.717) is 12.3 Å². The van der Waals surface area contributed by atoms with E-state index < -0.39 is 0 Å². The normalized spacial score (nSPS) is 17.5. The lowest BCUT2D eigenvalue weighted by molar-refractivity contribution is -0.134. The molecule has 22 heavy (non-hydrogen) atoms. The number of carbonyl (C=O) groups is 1. The number of ether oxygens (including phenoxy) is 1. The lowest BCUT2D eigenvalue weighted by Gasteiger charge is -2.24. The first-order chi connectivity index (χ1) is 10.7. The van der Waals surface area contributed by atoms with Crippen molar-refractivity contribution in [2.75, 3.05) is 13.2 Å². The first-order valence-corrected chi connectivity index (χ1v) is 7.18. The topological polar surface area (TPSA) is 55.3 Å². The summed E-state index contributed by atoms with van der Waals surface area (Å²) in [6, 6.07) is 7.44. The molecule has 0 spiro atoms. The monoisotopic (exact) mass is 301 g/mol. The molecule has 1 saturated heterocycles. The maximum Gasteiger partial charge on any atom is 0.261 e. The standard InChI is InChI=1S/C16H16FN3O2/c17-12-3-5-13(6-4-12)22-10-16(21)20-9-1-2-15(20)14-7-8-18-11-19-14/h3-8,11,15H,1-2,9-10H2. The minimum absolute atomic E-state index is 0.0210. The number of halogens is 1. The molecule has 1 aromatic carbocycles. The molecular formula is C16H16FN3O2. The Hall–Kier alpha value is -2.50. The van der Waals surface area contributed by atoms with Crippen molar-refractivity contribution in [3.63, 3.8) is 0 Å². The summed E-state index contributed by atoms with van der Waals surface area (Å²) >= 11 is 0. The van der Waals surface area contributed by atoms with E-state index in [2.05, 4.69) is 9.97 Å². The van der Waals surface area contributed by atoms with Gasteiger partial charge in [0.2, 0.25) is 0 Å². The number of aromatic nitrogens is 2. The summed E-state index contributed by atoms with van der Waals surface area (Å²) in [4.78, 5) is 22.3. The molecule has 5 nitrogen and oxygen atoms in total. The van der Waals surface area contributed by atoms with Crippen molar-refractivity contribution in [1.82, 2.24) is 14.9 Å². The van der Waals surface area contributed by atoms with Gasteiger partial charge in [-0.05, 0) is 43.2 Å². The van der Waals surface area contributed by atoms with Crippen LogP contribution in [0.15, 0.2) is 42.9 Å². The highest BCUT2D eigenvalue weighted by Gasteiger charge is 2.30. The van der Waals surface area contributed by atoms with E-state index in [4.69, 9.17) is 4.74 Å². The maximum absolute atomic E-state index is 12.8. The Morgan fingerprint density at radius 3 is 2.86 bits per heavy atom. The van der Waals surface area contributed by atoms with Gasteiger partial charge in [0.05, 0.1) is 11.7 Å². The van der Waals surface area contributed by atoms with Gasteiger partial charge in [-0.15, -0.1) is 0 Å². The van der Waals surface area contributed by atoms with Crippen molar-refractivity contribution in [2.45, 2.75) is 18.9 Å². The fourth-order valence-electron chi connectivity index (χ4n) is 2.63. The number of hydrogen-bond acceptors (Lipinski definition) is 4. The van der Waals surface area contributed by atoms with Crippen LogP contribution in [-0.4, -0.2) is 33.9 Å². The molecule has 6 heteroatoms. The van der Waals surface area contributed by atoms with E-state index in [9.17, 15) is 9.18 Å². The second-order valence-electron chi connectivity index (χ2n) is 5.12. The largest absolute Gasteiger partial charge is 0.484 e. The molecule has 0 bridgehead atoms. The molecule has 1 unspecified atom stereocenters. The molecular weight excluding hydrogens is 285 g/mol. The zero-order valence-electron chi connectivity index (χ0n) is 12.0. The Kier molecular flexibility index (Phi) is 4.27. The summed E-state index contributed by atoms with van der Waals surface area (Å²) in [5.74, 6) is 0.0556. The zero-order chi connectivity index (χ0) is 15.4. The van der Waals surface area contributed by atoms with Crippen molar-refractivity contribution in [3.05, 3.63) is 54.4 Å². The van der Waals surface area contributed by atoms with Crippen molar-refractivity contribution in [3.8, 4) is 5.75 Å². The second-order valence-corrected chi connectivity index (χ2v) is 5.12. The number of carbonyl (C=O) groups excluding carboxylic acids is 1. The first-order valence-electron chi connectivity index (χ1n) is 7.18. The molecule has 114 valence electrons. The van der Waals surface area contributed by atoms with E-state index in [1.165, 1.54) is 30.6 Å². The predicted octanol–water partition coefficient (Wildman–Crippen LogP) is 2.36. The number of nitrogens with zero attached hydrogens (tertiary/aromatic N) is 3. The fraction of sp³-hybridized carbons (Fsp3) is 0.312. The van der Waals surface area contributed by atoms with E-state index in [1.807, 2.05) is 6.07 Å². The van der Waals surface area contributed by atoms with Gasteiger partial charge in [-0.2, -0.15) is 0 Å². The van der Waals surface area contributed by atoms with Crippen molar-refractivity contribution in [2.24, 2.45) is 0 Å². The van der Waals surface area contributed by atoms with E-state index >= 15 is 0 Å². The highest BCUT2D eigenvalue weighted by atomic mass is 19.1. The number of hydrogen-bond donors (Lipinski definition) is 0. The van der Waals surface area contributed by atoms with E-state index in [-0.39, 0.29) is 24.4 Å². The highest BCUT2D eigenvalue weighted by Crippen LogP contribution is 2.30. The molecule has 0 aliphatic carbocycles. The number of rotatable bonds is 4. The average molecular weight is 301 g/mol. The molecule has 0 radical (unpaired) electrons. The van der Waals surface area contributed by atoms with Crippen LogP contribution in [0, 0.1) is 5.82 Å². The van der Waals surface area contributed by atoms with Gasteiger partial charge in [0.15, 0.2) is 6.61 Å². The molecule has 1 atom stereocenters. The van der Waals surface area contributed by atoms with E-state index in [1.54, 1.807) is 11.1 Å². The Labute approximate surface area is 127 Å². The predicted molar refractivity (Wildman–Crippen MR) is 77.6 cm³/mol. The smallest absolute Gasteiger partial charge is 0.261 e. The average Bonchev–Trinajstić information content (AvgIpc) is 3.04. The summed E-state index contributed by atoms with van der Waals surface area (Å²) in [6.45, 7) is 0.632. The molecule has 1 amide bonds. The second kappa shape index (κ2) is 6.51. The molecule has 1 fully saturated rings. The van der Waals surface area contributed by atoms with Gasteiger partial charge in [-0.3, -0.25) is 4.79 Å². The minimum Gasteiger partial charge on any atom is -0.484 e. The summed E-state index contributed by atoms with van der Waals surface area (Å²) in [7, 11) is 0. The minimum atomic E-state index is -0.331. The summed E-state index contributed by atoms with van der Waals surface area (Å²) < 4.78 is 18.3. The zero-order valence-corrected chi connectivity index (χ0v) is 12.0. The lowest BCUT2D eigenvalue weighted by Crippen LogP contribution is -2.34. The molecule has 3 rings (SSSR count). The van der Waals surface area contributed by atoms with Gasteiger partial charge < -0.3 is 9.64 Å². The molecule has 1 aliphatic rings. The fourth-order valence-corrected chi connectivity index (χ4v) is 2.63. The van der Waals surface area contributed by atoms with Gasteiger partial charge in [0, 0.05) is 12.7 Å². The number of likely N-dealkylation sites (tertiary alicyclic amines) is 1. The van der Waals surface area contributed by atoms with Crippen LogP contribution in [0.2, 0.25) is 0 Å². The van der Waals surface area contributed by atoms with Crippen molar-refractivity contribution < 1.29 is 13.9 Å². The Morgan fingerprint density at radius 2 is 2.14 bits per heavy atom. The van der Waals surface area contributed by atoms with Crippen LogP contribution in [0.3, 0.4) is 0 Å². The van der Waals surface area contributed by atoms with Gasteiger partial charge in [0.1, 0.15) is 17.9 Å². The number of amides is 1. The van der Waals surface area contributed by atoms with Crippen LogP contribution in [0.5, 0.6) is 5.75 Å². The lowest BCUT2D eigenvalue weighted by atomic mass is 10.1. The molecule has 0 saturated carbocycles. The van der Waals surface area contributed by atoms with E-state index in [0.717, 1.165) is 18.5 Å². The van der Waals surface area contributed by atoms with Crippen LogP contribution < -0.4 is 4.74 Å². The van der Waals surface area contributed by atoms with Gasteiger partial charge >= 0.3 is 0 Å². The summed E-state index contributed by atoms with van der Waals surface area (Å²) in [5, 5.41) is 0. The summed E-state index contributed by atoms with van der Waals surface area (Å²) in [5.41, 5.74) is 0.850. The molecule has 1 aromatic heterocycles. The molecule has 2 heterocycles. The Balaban J connectivity index is 1.62. The molecule has 2 aromatic rings. The SMILES string of the molecule is O=C(COc1ccc(F)cc1)N1CCCC1c1ccncn1. The quantitative estimate of drug-likeness (QED) is 0.870. The third kappa shape index (κ3) is 3.21. The molecule has 0 N–H and O–H groups in total. The number of benzene rings is 1. The Bertz CT molecular complexity index is 634. The highest BCUT2D eigenvalue weighted by molar-refractivity contribution is 5.78. The molecule has 1 aliphatic heterocycles. The first kappa shape index (κ1) is 14.4. The third-order valence-corrected chi connectivity index (χ3v) is 3.70. The Morgan fingerprint density at radius 1 is 1.32 bits per heavy atom.